The first-order valence-corrected chi connectivity index (χ1v) is 10.4. The van der Waals surface area contributed by atoms with Crippen LogP contribution < -0.4 is 0 Å². The van der Waals surface area contributed by atoms with Gasteiger partial charge in [0.15, 0.2) is 6.07 Å². The Balaban J connectivity index is 1.57. The van der Waals surface area contributed by atoms with E-state index in [-0.39, 0.29) is 0 Å². The molecule has 0 amide bonds. The minimum Gasteiger partial charge on any atom is -0.183 e. The monoisotopic (exact) mass is 355 g/mol. The van der Waals surface area contributed by atoms with E-state index < -0.39 is 0 Å². The predicted molar refractivity (Wildman–Crippen MR) is 113 cm³/mol. The van der Waals surface area contributed by atoms with E-state index in [9.17, 15) is 0 Å². The van der Waals surface area contributed by atoms with Crippen LogP contribution >= 0.6 is 0 Å². The predicted octanol–water partition coefficient (Wildman–Crippen LogP) is 7.08. The van der Waals surface area contributed by atoms with Gasteiger partial charge in [-0.15, -0.1) is 0 Å². The van der Waals surface area contributed by atoms with Crippen molar-refractivity contribution >= 4 is 0 Å². The maximum Gasteiger partial charge on any atom is 0.152 e. The van der Waals surface area contributed by atoms with Gasteiger partial charge in [0, 0.05) is 11.5 Å². The quantitative estimate of drug-likeness (QED) is 0.401. The summed E-state index contributed by atoms with van der Waals surface area (Å²) in [6.07, 6.45) is 11.1. The fourth-order valence-corrected chi connectivity index (χ4v) is 4.26. The molecular formula is C26H29N. The summed E-state index contributed by atoms with van der Waals surface area (Å²) in [7, 11) is 0. The second-order valence-electron chi connectivity index (χ2n) is 7.77. The van der Waals surface area contributed by atoms with Crippen molar-refractivity contribution in [2.75, 3.05) is 0 Å². The van der Waals surface area contributed by atoms with Crippen molar-refractivity contribution in [2.24, 2.45) is 5.92 Å². The lowest BCUT2D eigenvalue weighted by Crippen LogP contribution is -2.13. The lowest BCUT2D eigenvalue weighted by atomic mass is 9.77. The van der Waals surface area contributed by atoms with Gasteiger partial charge < -0.3 is 0 Å². The molecule has 1 aliphatic carbocycles. The van der Waals surface area contributed by atoms with Gasteiger partial charge in [-0.05, 0) is 66.3 Å². The number of nitrogens with zero attached hydrogens (tertiary/aromatic N) is 1. The van der Waals surface area contributed by atoms with Crippen molar-refractivity contribution in [3.8, 4) is 29.0 Å². The lowest BCUT2D eigenvalue weighted by molar-refractivity contribution is 0.303. The highest BCUT2D eigenvalue weighted by Gasteiger charge is 2.21. The van der Waals surface area contributed by atoms with Gasteiger partial charge in [0.1, 0.15) is 0 Å². The fourth-order valence-electron chi connectivity index (χ4n) is 4.26. The molecule has 1 fully saturated rings. The molecule has 0 heterocycles. The van der Waals surface area contributed by atoms with Gasteiger partial charge in [0.05, 0.1) is 0 Å². The van der Waals surface area contributed by atoms with Gasteiger partial charge in [-0.25, -0.2) is 0 Å². The van der Waals surface area contributed by atoms with Crippen LogP contribution in [-0.4, -0.2) is 0 Å². The number of hydrogen-bond donors (Lipinski definition) is 0. The normalized spacial score (nSPS) is 19.0. The summed E-state index contributed by atoms with van der Waals surface area (Å²) in [5.74, 6) is 6.98. The molecule has 0 aromatic heterocycles. The topological polar surface area (TPSA) is 23.8 Å². The van der Waals surface area contributed by atoms with Crippen molar-refractivity contribution in [2.45, 2.75) is 64.2 Å². The Morgan fingerprint density at radius 3 is 2.07 bits per heavy atom. The van der Waals surface area contributed by atoms with Gasteiger partial charge in [0.25, 0.3) is 0 Å². The summed E-state index contributed by atoms with van der Waals surface area (Å²) < 4.78 is 0. The first-order chi connectivity index (χ1) is 13.3. The van der Waals surface area contributed by atoms with Gasteiger partial charge in [-0.2, -0.15) is 5.26 Å². The maximum atomic E-state index is 8.53. The Kier molecular flexibility index (Phi) is 7.12. The number of rotatable bonds is 6. The average molecular weight is 356 g/mol. The molecule has 0 aliphatic heterocycles. The molecule has 2 aromatic rings. The highest BCUT2D eigenvalue weighted by atomic mass is 14.3. The molecule has 0 saturated heterocycles. The molecule has 0 spiro atoms. The Bertz CT molecular complexity index is 804. The van der Waals surface area contributed by atoms with Crippen molar-refractivity contribution in [1.29, 1.82) is 5.26 Å². The number of unbranched alkanes of at least 4 members (excludes halogenated alkanes) is 2. The van der Waals surface area contributed by atoms with Crippen molar-refractivity contribution in [3.63, 3.8) is 0 Å². The Morgan fingerprint density at radius 1 is 0.852 bits per heavy atom. The zero-order valence-electron chi connectivity index (χ0n) is 16.4. The van der Waals surface area contributed by atoms with Gasteiger partial charge in [0.2, 0.25) is 0 Å². The van der Waals surface area contributed by atoms with Crippen LogP contribution in [0.5, 0.6) is 0 Å². The van der Waals surface area contributed by atoms with E-state index in [4.69, 9.17) is 5.26 Å². The standard InChI is InChI=1S/C26H29N/c1-2-3-4-6-21-8-12-23(13-9-21)25-16-18-26(19-17-25)24-14-10-22(11-15-24)7-5-20-27/h10-11,14-19,21,23H,2-4,6,8-9,12-13H2,1H3. The molecular weight excluding hydrogens is 326 g/mol. The van der Waals surface area contributed by atoms with Crippen molar-refractivity contribution in [1.82, 2.24) is 0 Å². The zero-order chi connectivity index (χ0) is 18.9. The van der Waals surface area contributed by atoms with Crippen LogP contribution in [0.2, 0.25) is 0 Å². The van der Waals surface area contributed by atoms with E-state index in [0.717, 1.165) is 17.4 Å². The van der Waals surface area contributed by atoms with E-state index >= 15 is 0 Å². The molecule has 2 aromatic carbocycles. The molecule has 27 heavy (non-hydrogen) atoms. The van der Waals surface area contributed by atoms with E-state index in [1.807, 2.05) is 18.2 Å². The SMILES string of the molecule is CCCCCC1CCC(c2ccc(-c3ccc(C#CC#N)cc3)cc2)CC1. The van der Waals surface area contributed by atoms with Crippen LogP contribution in [0, 0.1) is 29.1 Å². The summed E-state index contributed by atoms with van der Waals surface area (Å²) in [4.78, 5) is 0. The largest absolute Gasteiger partial charge is 0.183 e. The molecule has 0 bridgehead atoms. The van der Waals surface area contributed by atoms with Crippen LogP contribution in [0.3, 0.4) is 0 Å². The average Bonchev–Trinajstić information content (AvgIpc) is 2.73. The Hall–Kier alpha value is -2.51. The molecule has 0 radical (unpaired) electrons. The molecule has 0 atom stereocenters. The van der Waals surface area contributed by atoms with Crippen LogP contribution in [0.1, 0.15) is 75.3 Å². The molecule has 138 valence electrons. The summed E-state index contributed by atoms with van der Waals surface area (Å²) in [5.41, 5.74) is 4.82. The first-order valence-electron chi connectivity index (χ1n) is 10.4. The molecule has 0 N–H and O–H groups in total. The molecule has 1 aliphatic rings. The second-order valence-corrected chi connectivity index (χ2v) is 7.77. The number of hydrogen-bond acceptors (Lipinski definition) is 1. The molecule has 1 heteroatoms. The minimum absolute atomic E-state index is 0.741. The fraction of sp³-hybridized carbons (Fsp3) is 0.423. The summed E-state index contributed by atoms with van der Waals surface area (Å²) in [6.45, 7) is 2.29. The highest BCUT2D eigenvalue weighted by molar-refractivity contribution is 5.64. The summed E-state index contributed by atoms with van der Waals surface area (Å²) in [5, 5.41) is 8.53. The zero-order valence-corrected chi connectivity index (χ0v) is 16.4. The molecule has 1 saturated carbocycles. The Labute approximate surface area is 164 Å². The van der Waals surface area contributed by atoms with Crippen molar-refractivity contribution in [3.05, 3.63) is 59.7 Å². The van der Waals surface area contributed by atoms with Gasteiger partial charge in [-0.3, -0.25) is 0 Å². The second kappa shape index (κ2) is 9.99. The van der Waals surface area contributed by atoms with E-state index in [1.165, 1.54) is 68.1 Å². The first kappa shape index (κ1) is 19.3. The van der Waals surface area contributed by atoms with Gasteiger partial charge >= 0.3 is 0 Å². The van der Waals surface area contributed by atoms with E-state index in [2.05, 4.69) is 55.2 Å². The van der Waals surface area contributed by atoms with Gasteiger partial charge in [-0.1, -0.05) is 74.9 Å². The van der Waals surface area contributed by atoms with E-state index in [0.29, 0.717) is 0 Å². The molecule has 3 rings (SSSR count). The third-order valence-electron chi connectivity index (χ3n) is 5.93. The summed E-state index contributed by atoms with van der Waals surface area (Å²) >= 11 is 0. The third-order valence-corrected chi connectivity index (χ3v) is 5.93. The summed E-state index contributed by atoms with van der Waals surface area (Å²) in [6, 6.07) is 19.1. The van der Waals surface area contributed by atoms with Crippen LogP contribution in [0.25, 0.3) is 11.1 Å². The Morgan fingerprint density at radius 2 is 1.48 bits per heavy atom. The molecule has 0 unspecified atom stereocenters. The van der Waals surface area contributed by atoms with Crippen LogP contribution in [-0.2, 0) is 0 Å². The van der Waals surface area contributed by atoms with Crippen LogP contribution in [0.4, 0.5) is 0 Å². The lowest BCUT2D eigenvalue weighted by Gasteiger charge is -2.29. The third kappa shape index (κ3) is 5.48. The number of nitriles is 1. The number of benzene rings is 2. The molecule has 1 nitrogen and oxygen atoms in total. The maximum absolute atomic E-state index is 8.53. The van der Waals surface area contributed by atoms with E-state index in [1.54, 1.807) is 0 Å². The highest BCUT2D eigenvalue weighted by Crippen LogP contribution is 2.38. The van der Waals surface area contributed by atoms with Crippen LogP contribution in [0.15, 0.2) is 48.5 Å². The minimum atomic E-state index is 0.741. The van der Waals surface area contributed by atoms with Crippen molar-refractivity contribution < 1.29 is 0 Å². The smallest absolute Gasteiger partial charge is 0.152 e.